The summed E-state index contributed by atoms with van der Waals surface area (Å²) in [6.07, 6.45) is 1.44. The molecular weight excluding hydrogens is 342 g/mol. The Labute approximate surface area is 156 Å². The van der Waals surface area contributed by atoms with E-state index in [1.165, 1.54) is 4.57 Å². The van der Waals surface area contributed by atoms with Crippen LogP contribution in [0.2, 0.25) is 0 Å². The molecule has 138 valence electrons. The van der Waals surface area contributed by atoms with Gasteiger partial charge in [-0.15, -0.1) is 0 Å². The van der Waals surface area contributed by atoms with Crippen LogP contribution >= 0.6 is 0 Å². The molecule has 6 nitrogen and oxygen atoms in total. The average Bonchev–Trinajstić information content (AvgIpc) is 2.68. The second-order valence-electron chi connectivity index (χ2n) is 6.72. The summed E-state index contributed by atoms with van der Waals surface area (Å²) in [7, 11) is 0. The number of hydrogen-bond acceptors (Lipinski definition) is 4. The van der Waals surface area contributed by atoms with Crippen molar-refractivity contribution in [3.05, 3.63) is 97.7 Å². The van der Waals surface area contributed by atoms with Crippen LogP contribution in [0.3, 0.4) is 0 Å². The maximum absolute atomic E-state index is 12.5. The van der Waals surface area contributed by atoms with Crippen molar-refractivity contribution in [1.82, 2.24) is 14.9 Å². The molecule has 1 aliphatic heterocycles. The van der Waals surface area contributed by atoms with Crippen molar-refractivity contribution in [1.29, 1.82) is 0 Å². The lowest BCUT2D eigenvalue weighted by Gasteiger charge is -2.27. The summed E-state index contributed by atoms with van der Waals surface area (Å²) in [5, 5.41) is 14.1. The van der Waals surface area contributed by atoms with Crippen LogP contribution in [-0.4, -0.2) is 21.2 Å². The van der Waals surface area contributed by atoms with Crippen molar-refractivity contribution in [3.63, 3.8) is 0 Å². The molecule has 3 N–H and O–H groups in total. The number of benzene rings is 2. The third kappa shape index (κ3) is 3.31. The Bertz CT molecular complexity index is 1070. The first kappa shape index (κ1) is 17.3. The standard InChI is InChI=1S/C21H21N3O3/c25-19-17(18-16-9-5-4-8-15(16)10-12-22-18)20(26)24(21(27)23-19)13-11-14-6-2-1-3-7-14/h1-9,18,22,26H,10-13H2,(H,23,25,27)/t18-/m0/s1. The lowest BCUT2D eigenvalue weighted by atomic mass is 9.90. The van der Waals surface area contributed by atoms with Crippen molar-refractivity contribution in [3.8, 4) is 5.88 Å². The second kappa shape index (κ2) is 7.25. The fraction of sp³-hybridized carbons (Fsp3) is 0.238. The Kier molecular flexibility index (Phi) is 4.64. The predicted molar refractivity (Wildman–Crippen MR) is 103 cm³/mol. The van der Waals surface area contributed by atoms with Gasteiger partial charge in [0.2, 0.25) is 5.88 Å². The third-order valence-corrected chi connectivity index (χ3v) is 5.07. The molecule has 0 aliphatic carbocycles. The number of aromatic amines is 1. The zero-order valence-electron chi connectivity index (χ0n) is 14.8. The van der Waals surface area contributed by atoms with Crippen LogP contribution < -0.4 is 16.6 Å². The van der Waals surface area contributed by atoms with Gasteiger partial charge in [0.05, 0.1) is 11.6 Å². The second-order valence-corrected chi connectivity index (χ2v) is 6.72. The Balaban J connectivity index is 1.74. The molecule has 0 radical (unpaired) electrons. The van der Waals surface area contributed by atoms with E-state index in [2.05, 4.69) is 10.3 Å². The fourth-order valence-corrected chi connectivity index (χ4v) is 3.69. The van der Waals surface area contributed by atoms with Crippen molar-refractivity contribution in [2.45, 2.75) is 25.4 Å². The number of aryl methyl sites for hydroxylation is 1. The van der Waals surface area contributed by atoms with Crippen molar-refractivity contribution in [2.75, 3.05) is 6.54 Å². The zero-order valence-corrected chi connectivity index (χ0v) is 14.8. The summed E-state index contributed by atoms with van der Waals surface area (Å²) in [6, 6.07) is 17.1. The predicted octanol–water partition coefficient (Wildman–Crippen LogP) is 1.72. The maximum atomic E-state index is 12.5. The summed E-state index contributed by atoms with van der Waals surface area (Å²) in [4.78, 5) is 27.2. The minimum atomic E-state index is -0.596. The number of fused-ring (bicyclic) bond motifs is 1. The van der Waals surface area contributed by atoms with Crippen LogP contribution in [0.1, 0.15) is 28.3 Å². The van der Waals surface area contributed by atoms with Gasteiger partial charge in [0.15, 0.2) is 0 Å². The van der Waals surface area contributed by atoms with Gasteiger partial charge in [-0.25, -0.2) is 4.79 Å². The van der Waals surface area contributed by atoms with E-state index in [1.54, 1.807) is 0 Å². The molecule has 0 fully saturated rings. The summed E-state index contributed by atoms with van der Waals surface area (Å²) in [5.41, 5.74) is 2.19. The van der Waals surface area contributed by atoms with Crippen LogP contribution in [0, 0.1) is 0 Å². The Morgan fingerprint density at radius 2 is 1.78 bits per heavy atom. The molecule has 0 bridgehead atoms. The molecule has 3 aromatic rings. The SMILES string of the molecule is O=c1[nH]c(=O)n(CCc2ccccc2)c(O)c1[C@H]1NCCc2ccccc21. The van der Waals surface area contributed by atoms with Crippen LogP contribution in [0.4, 0.5) is 0 Å². The number of nitrogens with one attached hydrogen (secondary N) is 2. The first-order chi connectivity index (χ1) is 13.1. The molecule has 1 aliphatic rings. The summed E-state index contributed by atoms with van der Waals surface area (Å²) in [5.74, 6) is -0.270. The average molecular weight is 363 g/mol. The van der Waals surface area contributed by atoms with E-state index in [0.29, 0.717) is 13.0 Å². The number of rotatable bonds is 4. The lowest BCUT2D eigenvalue weighted by molar-refractivity contribution is 0.383. The van der Waals surface area contributed by atoms with Crippen LogP contribution in [-0.2, 0) is 19.4 Å². The number of aromatic hydroxyl groups is 1. The largest absolute Gasteiger partial charge is 0.494 e. The summed E-state index contributed by atoms with van der Waals surface area (Å²) < 4.78 is 1.24. The van der Waals surface area contributed by atoms with Gasteiger partial charge in [-0.1, -0.05) is 54.6 Å². The van der Waals surface area contributed by atoms with Gasteiger partial charge in [0.1, 0.15) is 0 Å². The van der Waals surface area contributed by atoms with E-state index in [-0.39, 0.29) is 18.0 Å². The first-order valence-corrected chi connectivity index (χ1v) is 9.06. The molecule has 0 saturated heterocycles. The van der Waals surface area contributed by atoms with Gasteiger partial charge in [-0.2, -0.15) is 0 Å². The van der Waals surface area contributed by atoms with E-state index in [9.17, 15) is 14.7 Å². The van der Waals surface area contributed by atoms with E-state index in [1.807, 2.05) is 54.6 Å². The molecule has 4 rings (SSSR count). The van der Waals surface area contributed by atoms with Crippen molar-refractivity contribution in [2.24, 2.45) is 0 Å². The highest BCUT2D eigenvalue weighted by atomic mass is 16.3. The normalized spacial score (nSPS) is 16.1. The monoisotopic (exact) mass is 363 g/mol. The minimum absolute atomic E-state index is 0.190. The van der Waals surface area contributed by atoms with Crippen molar-refractivity contribution >= 4 is 0 Å². The zero-order chi connectivity index (χ0) is 18.8. The lowest BCUT2D eigenvalue weighted by Crippen LogP contribution is -2.39. The number of H-pyrrole nitrogens is 1. The smallest absolute Gasteiger partial charge is 0.331 e. The molecule has 0 unspecified atom stereocenters. The Hall–Kier alpha value is -3.12. The maximum Gasteiger partial charge on any atom is 0.331 e. The fourth-order valence-electron chi connectivity index (χ4n) is 3.69. The van der Waals surface area contributed by atoms with E-state index < -0.39 is 17.3 Å². The van der Waals surface area contributed by atoms with Gasteiger partial charge in [-0.05, 0) is 29.5 Å². The minimum Gasteiger partial charge on any atom is -0.494 e. The van der Waals surface area contributed by atoms with Crippen LogP contribution in [0.15, 0.2) is 64.2 Å². The highest BCUT2D eigenvalue weighted by Gasteiger charge is 2.28. The molecule has 0 spiro atoms. The molecule has 2 heterocycles. The molecule has 27 heavy (non-hydrogen) atoms. The van der Waals surface area contributed by atoms with Gasteiger partial charge >= 0.3 is 5.69 Å². The van der Waals surface area contributed by atoms with Crippen LogP contribution in [0.5, 0.6) is 5.88 Å². The van der Waals surface area contributed by atoms with Crippen molar-refractivity contribution < 1.29 is 5.11 Å². The number of hydrogen-bond donors (Lipinski definition) is 3. The molecule has 6 heteroatoms. The van der Waals surface area contributed by atoms with E-state index >= 15 is 0 Å². The number of nitrogens with zero attached hydrogens (tertiary/aromatic N) is 1. The highest BCUT2D eigenvalue weighted by Crippen LogP contribution is 2.30. The first-order valence-electron chi connectivity index (χ1n) is 9.06. The molecule has 1 atom stereocenters. The quantitative estimate of drug-likeness (QED) is 0.659. The molecule has 2 aromatic carbocycles. The van der Waals surface area contributed by atoms with E-state index in [0.717, 1.165) is 23.1 Å². The van der Waals surface area contributed by atoms with Gasteiger partial charge in [-0.3, -0.25) is 14.3 Å². The molecule has 0 amide bonds. The molecule has 0 saturated carbocycles. The Morgan fingerprint density at radius 3 is 2.59 bits per heavy atom. The molecular formula is C21H21N3O3. The van der Waals surface area contributed by atoms with Crippen LogP contribution in [0.25, 0.3) is 0 Å². The van der Waals surface area contributed by atoms with Gasteiger partial charge in [0, 0.05) is 13.1 Å². The number of aromatic nitrogens is 2. The highest BCUT2D eigenvalue weighted by molar-refractivity contribution is 5.42. The topological polar surface area (TPSA) is 87.1 Å². The molecule has 1 aromatic heterocycles. The summed E-state index contributed by atoms with van der Waals surface area (Å²) in [6.45, 7) is 0.983. The van der Waals surface area contributed by atoms with E-state index in [4.69, 9.17) is 0 Å². The Morgan fingerprint density at radius 1 is 1.04 bits per heavy atom. The summed E-state index contributed by atoms with van der Waals surface area (Å²) >= 11 is 0. The van der Waals surface area contributed by atoms with Gasteiger partial charge < -0.3 is 10.4 Å². The third-order valence-electron chi connectivity index (χ3n) is 5.07. The van der Waals surface area contributed by atoms with Gasteiger partial charge in [0.25, 0.3) is 5.56 Å².